The van der Waals surface area contributed by atoms with Gasteiger partial charge in [-0.1, -0.05) is 11.6 Å². The Balaban J connectivity index is 2.40. The van der Waals surface area contributed by atoms with E-state index in [-0.39, 0.29) is 51.6 Å². The Hall–Kier alpha value is -3.05. The number of nitrogens with zero attached hydrogens (tertiary/aromatic N) is 2. The van der Waals surface area contributed by atoms with E-state index in [1.165, 1.54) is 37.4 Å². The SMILES string of the molecule is CCOc1cc(OCC)c([N+](=O)[O-])cc1/C=N/NS(=O)(=O)c1cc(Cl)ccc1OC. The van der Waals surface area contributed by atoms with Crippen LogP contribution in [0.25, 0.3) is 0 Å². The minimum Gasteiger partial charge on any atom is -0.495 e. The lowest BCUT2D eigenvalue weighted by atomic mass is 10.1. The summed E-state index contributed by atoms with van der Waals surface area (Å²) in [5.74, 6) is 0.357. The Kier molecular flexibility index (Phi) is 7.84. The summed E-state index contributed by atoms with van der Waals surface area (Å²) in [5.41, 5.74) is -0.117. The standard InChI is InChI=1S/C18H20ClN3O7S/c1-4-28-16-10-17(29-5-2)14(22(23)24)8-12(16)11-20-21-30(25,26)18-9-13(19)6-7-15(18)27-3/h6-11,21H,4-5H2,1-3H3/b20-11+. The zero-order valence-electron chi connectivity index (χ0n) is 16.4. The zero-order chi connectivity index (χ0) is 22.3. The van der Waals surface area contributed by atoms with Gasteiger partial charge < -0.3 is 14.2 Å². The lowest BCUT2D eigenvalue weighted by Crippen LogP contribution is -2.19. The summed E-state index contributed by atoms with van der Waals surface area (Å²) in [5, 5.41) is 15.2. The predicted molar refractivity (Wildman–Crippen MR) is 111 cm³/mol. The lowest BCUT2D eigenvalue weighted by molar-refractivity contribution is -0.385. The van der Waals surface area contributed by atoms with Crippen LogP contribution in [-0.4, -0.2) is 39.9 Å². The number of halogens is 1. The number of hydrogen-bond acceptors (Lipinski definition) is 8. The van der Waals surface area contributed by atoms with Crippen molar-refractivity contribution in [3.05, 3.63) is 51.0 Å². The molecule has 0 aliphatic heterocycles. The quantitative estimate of drug-likeness (QED) is 0.329. The van der Waals surface area contributed by atoms with Gasteiger partial charge in [0.05, 0.1) is 31.5 Å². The number of rotatable bonds is 10. The van der Waals surface area contributed by atoms with Crippen molar-refractivity contribution in [3.8, 4) is 17.2 Å². The van der Waals surface area contributed by atoms with Crippen molar-refractivity contribution in [1.82, 2.24) is 4.83 Å². The van der Waals surface area contributed by atoms with Crippen molar-refractivity contribution in [2.45, 2.75) is 18.7 Å². The molecule has 10 nitrogen and oxygen atoms in total. The number of ether oxygens (including phenoxy) is 3. The molecule has 2 aromatic carbocycles. The van der Waals surface area contributed by atoms with Crippen molar-refractivity contribution in [2.24, 2.45) is 5.10 Å². The van der Waals surface area contributed by atoms with Gasteiger partial charge in [0.15, 0.2) is 0 Å². The van der Waals surface area contributed by atoms with Gasteiger partial charge in [-0.05, 0) is 32.0 Å². The number of hydrogen-bond donors (Lipinski definition) is 1. The molecule has 2 rings (SSSR count). The summed E-state index contributed by atoms with van der Waals surface area (Å²) >= 11 is 5.87. The molecule has 0 spiro atoms. The molecule has 162 valence electrons. The topological polar surface area (TPSA) is 129 Å². The molecule has 1 N–H and O–H groups in total. The number of benzene rings is 2. The normalized spacial score (nSPS) is 11.3. The van der Waals surface area contributed by atoms with E-state index in [1.54, 1.807) is 13.8 Å². The minimum atomic E-state index is -4.12. The first-order chi connectivity index (χ1) is 14.2. The monoisotopic (exact) mass is 457 g/mol. The molecule has 0 saturated carbocycles. The van der Waals surface area contributed by atoms with Gasteiger partial charge in [-0.25, -0.2) is 0 Å². The maximum Gasteiger partial charge on any atom is 0.311 e. The first kappa shape index (κ1) is 23.2. The van der Waals surface area contributed by atoms with Crippen molar-refractivity contribution >= 4 is 33.5 Å². The third-order valence-electron chi connectivity index (χ3n) is 3.68. The Bertz CT molecular complexity index is 1060. The Morgan fingerprint density at radius 2 is 1.80 bits per heavy atom. The van der Waals surface area contributed by atoms with E-state index in [0.717, 1.165) is 6.21 Å². The van der Waals surface area contributed by atoms with E-state index in [9.17, 15) is 18.5 Å². The van der Waals surface area contributed by atoms with Crippen molar-refractivity contribution < 1.29 is 27.6 Å². The average molecular weight is 458 g/mol. The second-order valence-corrected chi connectivity index (χ2v) is 7.69. The van der Waals surface area contributed by atoms with Gasteiger partial charge in [0.1, 0.15) is 16.4 Å². The van der Waals surface area contributed by atoms with Crippen molar-refractivity contribution in [3.63, 3.8) is 0 Å². The highest BCUT2D eigenvalue weighted by Gasteiger charge is 2.21. The Morgan fingerprint density at radius 3 is 2.40 bits per heavy atom. The van der Waals surface area contributed by atoms with Crippen LogP contribution in [-0.2, 0) is 10.0 Å². The predicted octanol–water partition coefficient (Wildman–Crippen LogP) is 3.37. The number of hydrazone groups is 1. The lowest BCUT2D eigenvalue weighted by Gasteiger charge is -2.11. The van der Waals surface area contributed by atoms with Crippen LogP contribution in [0.4, 0.5) is 5.69 Å². The minimum absolute atomic E-state index is 0.0346. The van der Waals surface area contributed by atoms with Crippen LogP contribution < -0.4 is 19.0 Å². The molecule has 0 aromatic heterocycles. The average Bonchev–Trinajstić information content (AvgIpc) is 2.69. The summed E-state index contributed by atoms with van der Waals surface area (Å²) < 4.78 is 40.9. The number of nitrogens with one attached hydrogen (secondary N) is 1. The molecule has 12 heteroatoms. The zero-order valence-corrected chi connectivity index (χ0v) is 18.0. The van der Waals surface area contributed by atoms with Crippen LogP contribution in [0, 0.1) is 10.1 Å². The molecule has 30 heavy (non-hydrogen) atoms. The molecule has 2 aromatic rings. The highest BCUT2D eigenvalue weighted by molar-refractivity contribution is 7.89. The highest BCUT2D eigenvalue weighted by Crippen LogP contribution is 2.34. The molecule has 0 aliphatic rings. The molecule has 0 heterocycles. The van der Waals surface area contributed by atoms with Crippen molar-refractivity contribution in [1.29, 1.82) is 0 Å². The highest BCUT2D eigenvalue weighted by atomic mass is 35.5. The smallest absolute Gasteiger partial charge is 0.311 e. The van der Waals surface area contributed by atoms with Gasteiger partial charge >= 0.3 is 5.69 Å². The molecule has 0 atom stereocenters. The van der Waals surface area contributed by atoms with Gasteiger partial charge in [-0.15, -0.1) is 0 Å². The summed E-state index contributed by atoms with van der Waals surface area (Å²) in [6.45, 7) is 3.92. The number of nitro groups is 1. The fourth-order valence-corrected chi connectivity index (χ4v) is 3.66. The third kappa shape index (κ3) is 5.51. The molecular formula is C18H20ClN3O7S. The summed E-state index contributed by atoms with van der Waals surface area (Å²) in [7, 11) is -2.80. The second-order valence-electron chi connectivity index (χ2n) is 5.63. The van der Waals surface area contributed by atoms with Gasteiger partial charge in [0.25, 0.3) is 10.0 Å². The molecule has 0 saturated heterocycles. The van der Waals surface area contributed by atoms with Crippen molar-refractivity contribution in [2.75, 3.05) is 20.3 Å². The molecule has 0 bridgehead atoms. The molecule has 0 aliphatic carbocycles. The van der Waals surface area contributed by atoms with Gasteiger partial charge in [0.2, 0.25) is 5.75 Å². The van der Waals surface area contributed by atoms with E-state index < -0.39 is 14.9 Å². The van der Waals surface area contributed by atoms with E-state index in [0.29, 0.717) is 0 Å². The van der Waals surface area contributed by atoms with Crippen LogP contribution in [0.15, 0.2) is 40.3 Å². The third-order valence-corrected chi connectivity index (χ3v) is 5.16. The maximum absolute atomic E-state index is 12.6. The van der Waals surface area contributed by atoms with Crippen LogP contribution in [0.2, 0.25) is 5.02 Å². The van der Waals surface area contributed by atoms with Gasteiger partial charge in [-0.2, -0.15) is 18.4 Å². The van der Waals surface area contributed by atoms with Crippen LogP contribution >= 0.6 is 11.6 Å². The second kappa shape index (κ2) is 10.1. The summed E-state index contributed by atoms with van der Waals surface area (Å²) in [4.78, 5) is 12.5. The first-order valence-electron chi connectivity index (χ1n) is 8.69. The Morgan fingerprint density at radius 1 is 1.13 bits per heavy atom. The molecule has 0 amide bonds. The summed E-state index contributed by atoms with van der Waals surface area (Å²) in [6, 6.07) is 6.65. The van der Waals surface area contributed by atoms with E-state index in [1.807, 2.05) is 4.83 Å². The van der Waals surface area contributed by atoms with E-state index >= 15 is 0 Å². The van der Waals surface area contributed by atoms with Crippen LogP contribution in [0.3, 0.4) is 0 Å². The molecule has 0 unspecified atom stereocenters. The maximum atomic E-state index is 12.6. The van der Waals surface area contributed by atoms with Gasteiger partial charge in [0, 0.05) is 22.7 Å². The summed E-state index contributed by atoms with van der Waals surface area (Å²) in [6.07, 6.45) is 1.10. The number of methoxy groups -OCH3 is 1. The van der Waals surface area contributed by atoms with Gasteiger partial charge in [-0.3, -0.25) is 10.1 Å². The van der Waals surface area contributed by atoms with Crippen LogP contribution in [0.5, 0.6) is 17.2 Å². The molecule has 0 radical (unpaired) electrons. The van der Waals surface area contributed by atoms with E-state index in [4.69, 9.17) is 25.8 Å². The molecular weight excluding hydrogens is 438 g/mol. The van der Waals surface area contributed by atoms with E-state index in [2.05, 4.69) is 5.10 Å². The Labute approximate surface area is 178 Å². The fourth-order valence-electron chi connectivity index (χ4n) is 2.44. The van der Waals surface area contributed by atoms with Crippen LogP contribution in [0.1, 0.15) is 19.4 Å². The first-order valence-corrected chi connectivity index (χ1v) is 10.6. The largest absolute Gasteiger partial charge is 0.495 e. The number of nitro benzene ring substituents is 1. The number of sulfonamides is 1. The molecule has 0 fully saturated rings. The fraction of sp³-hybridized carbons (Fsp3) is 0.278.